The highest BCUT2D eigenvalue weighted by Crippen LogP contribution is 2.42. The average Bonchev–Trinajstić information content (AvgIpc) is 3.24. The Labute approximate surface area is 227 Å². The van der Waals surface area contributed by atoms with E-state index in [2.05, 4.69) is 9.64 Å². The highest BCUT2D eigenvalue weighted by Gasteiger charge is 2.60. The Morgan fingerprint density at radius 2 is 1.65 bits per heavy atom. The number of piperidine rings is 1. The molecule has 3 aliphatic rings. The van der Waals surface area contributed by atoms with Crippen molar-refractivity contribution < 1.29 is 50.5 Å². The number of benzene rings is 1. The van der Waals surface area contributed by atoms with Crippen LogP contribution in [0.25, 0.3) is 0 Å². The van der Waals surface area contributed by atoms with Crippen LogP contribution < -0.4 is 4.90 Å². The van der Waals surface area contributed by atoms with E-state index in [0.717, 1.165) is 34.7 Å². The summed E-state index contributed by atoms with van der Waals surface area (Å²) in [5.74, 6) is -1.03. The highest BCUT2D eigenvalue weighted by atomic mass is 19.4. The van der Waals surface area contributed by atoms with E-state index in [9.17, 15) is 41.0 Å². The van der Waals surface area contributed by atoms with E-state index >= 15 is 0 Å². The predicted molar refractivity (Wildman–Crippen MR) is 131 cm³/mol. The maximum Gasteiger partial charge on any atom is 0.434 e. The summed E-state index contributed by atoms with van der Waals surface area (Å²) in [6.07, 6.45) is -15.6. The van der Waals surface area contributed by atoms with Gasteiger partial charge in [0.2, 0.25) is 0 Å². The SMILES string of the molecule is Cc1ccc(CN2CCC3(CCN(C(=O)OC(C(F)(F)F)C(F)(F)F)CC3)C2)c(N2CCOC(C)(C(=O)O)C2)c1. The van der Waals surface area contributed by atoms with Crippen molar-refractivity contribution >= 4 is 17.7 Å². The number of ether oxygens (including phenoxy) is 2. The second-order valence-electron chi connectivity index (χ2n) is 11.2. The van der Waals surface area contributed by atoms with E-state index in [4.69, 9.17) is 4.74 Å². The summed E-state index contributed by atoms with van der Waals surface area (Å²) in [6, 6.07) is 6.02. The number of aliphatic carboxylic acids is 1. The number of halogens is 6. The van der Waals surface area contributed by atoms with Crippen LogP contribution in [-0.4, -0.2) is 96.9 Å². The minimum absolute atomic E-state index is 0.00639. The topological polar surface area (TPSA) is 82.5 Å². The van der Waals surface area contributed by atoms with Crippen LogP contribution in [0, 0.1) is 12.3 Å². The molecule has 0 radical (unpaired) electrons. The van der Waals surface area contributed by atoms with Gasteiger partial charge in [0.1, 0.15) is 0 Å². The smallest absolute Gasteiger partial charge is 0.434 e. The lowest BCUT2D eigenvalue weighted by Crippen LogP contribution is -2.55. The van der Waals surface area contributed by atoms with E-state index in [1.54, 1.807) is 6.92 Å². The molecule has 8 nitrogen and oxygen atoms in total. The normalized spacial score (nSPS) is 24.1. The van der Waals surface area contributed by atoms with Crippen LogP contribution in [0.2, 0.25) is 0 Å². The molecule has 0 aliphatic carbocycles. The standard InChI is InChI=1S/C26H33F6N3O5/c1-17-3-4-18(19(13-17)35-11-12-39-23(2,15-35)21(36)37)14-33-8-5-24(16-33)6-9-34(10-7-24)22(38)40-20(25(27,28)29)26(30,31)32/h3-4,13,20H,5-12,14-16H2,1-2H3,(H,36,37). The Morgan fingerprint density at radius 3 is 2.25 bits per heavy atom. The summed E-state index contributed by atoms with van der Waals surface area (Å²) in [4.78, 5) is 29.1. The van der Waals surface area contributed by atoms with Crippen molar-refractivity contribution in [3.63, 3.8) is 0 Å². The number of carbonyl (C=O) groups excluding carboxylic acids is 1. The Kier molecular flexibility index (Phi) is 8.25. The van der Waals surface area contributed by atoms with Crippen molar-refractivity contribution in [3.8, 4) is 0 Å². The minimum atomic E-state index is -5.75. The quantitative estimate of drug-likeness (QED) is 0.510. The van der Waals surface area contributed by atoms with Crippen molar-refractivity contribution in [2.24, 2.45) is 5.41 Å². The zero-order valence-corrected chi connectivity index (χ0v) is 22.3. The molecule has 3 aliphatic heterocycles. The molecule has 0 aromatic heterocycles. The molecule has 224 valence electrons. The lowest BCUT2D eigenvalue weighted by atomic mass is 9.78. The van der Waals surface area contributed by atoms with Crippen molar-refractivity contribution in [1.29, 1.82) is 0 Å². The van der Waals surface area contributed by atoms with Crippen LogP contribution in [0.4, 0.5) is 36.8 Å². The first-order chi connectivity index (χ1) is 18.5. The second-order valence-corrected chi connectivity index (χ2v) is 11.2. The third-order valence-electron chi connectivity index (χ3n) is 8.12. The number of likely N-dealkylation sites (tertiary alicyclic amines) is 2. The lowest BCUT2D eigenvalue weighted by molar-refractivity contribution is -0.308. The van der Waals surface area contributed by atoms with Gasteiger partial charge in [-0.15, -0.1) is 0 Å². The van der Waals surface area contributed by atoms with Crippen LogP contribution >= 0.6 is 0 Å². The third kappa shape index (κ3) is 6.59. The van der Waals surface area contributed by atoms with Gasteiger partial charge in [0.25, 0.3) is 6.10 Å². The number of hydrogen-bond donors (Lipinski definition) is 1. The molecule has 1 N–H and O–H groups in total. The Hall–Kier alpha value is -2.74. The number of anilines is 1. The summed E-state index contributed by atoms with van der Waals surface area (Å²) in [7, 11) is 0. The molecule has 3 fully saturated rings. The second kappa shape index (κ2) is 10.9. The largest absolute Gasteiger partial charge is 0.479 e. The third-order valence-corrected chi connectivity index (χ3v) is 8.12. The van der Waals surface area contributed by atoms with Gasteiger partial charge < -0.3 is 24.4 Å². The molecule has 3 heterocycles. The summed E-state index contributed by atoms with van der Waals surface area (Å²) in [5, 5.41) is 9.63. The fourth-order valence-corrected chi connectivity index (χ4v) is 5.78. The number of nitrogens with zero attached hydrogens (tertiary/aromatic N) is 3. The number of alkyl halides is 6. The van der Waals surface area contributed by atoms with Crippen LogP contribution in [0.1, 0.15) is 37.3 Å². The van der Waals surface area contributed by atoms with Crippen LogP contribution in [-0.2, 0) is 20.8 Å². The van der Waals surface area contributed by atoms with Gasteiger partial charge in [-0.05, 0) is 62.3 Å². The van der Waals surface area contributed by atoms with E-state index in [1.165, 1.54) is 0 Å². The first-order valence-electron chi connectivity index (χ1n) is 13.0. The first-order valence-corrected chi connectivity index (χ1v) is 13.0. The number of morpholine rings is 1. The zero-order valence-electron chi connectivity index (χ0n) is 22.3. The number of carboxylic acid groups (broad SMARTS) is 1. The molecule has 40 heavy (non-hydrogen) atoms. The number of aryl methyl sites for hydroxylation is 1. The molecule has 1 spiro atoms. The molecule has 1 unspecified atom stereocenters. The van der Waals surface area contributed by atoms with E-state index in [0.29, 0.717) is 32.5 Å². The number of hydrogen-bond acceptors (Lipinski definition) is 6. The Morgan fingerprint density at radius 1 is 1.02 bits per heavy atom. The summed E-state index contributed by atoms with van der Waals surface area (Å²) >= 11 is 0. The van der Waals surface area contributed by atoms with Gasteiger partial charge in [0, 0.05) is 38.4 Å². The molecular formula is C26H33F6N3O5. The van der Waals surface area contributed by atoms with Crippen LogP contribution in [0.3, 0.4) is 0 Å². The molecule has 14 heteroatoms. The van der Waals surface area contributed by atoms with Crippen LogP contribution in [0.5, 0.6) is 0 Å². The molecule has 1 aromatic rings. The molecule has 1 atom stereocenters. The minimum Gasteiger partial charge on any atom is -0.479 e. The van der Waals surface area contributed by atoms with Crippen LogP contribution in [0.15, 0.2) is 18.2 Å². The van der Waals surface area contributed by atoms with Gasteiger partial charge in [0.05, 0.1) is 13.2 Å². The number of carboxylic acids is 1. The average molecular weight is 582 g/mol. The van der Waals surface area contributed by atoms with Crippen molar-refractivity contribution in [2.45, 2.75) is 63.7 Å². The monoisotopic (exact) mass is 581 g/mol. The van der Waals surface area contributed by atoms with Gasteiger partial charge in [0.15, 0.2) is 5.60 Å². The predicted octanol–water partition coefficient (Wildman–Crippen LogP) is 4.59. The fraction of sp³-hybridized carbons (Fsp3) is 0.692. The van der Waals surface area contributed by atoms with Gasteiger partial charge in [-0.25, -0.2) is 9.59 Å². The highest BCUT2D eigenvalue weighted by molar-refractivity contribution is 5.78. The fourth-order valence-electron chi connectivity index (χ4n) is 5.78. The van der Waals surface area contributed by atoms with Gasteiger partial charge in [-0.3, -0.25) is 4.90 Å². The molecule has 0 bridgehead atoms. The maximum absolute atomic E-state index is 12.8. The summed E-state index contributed by atoms with van der Waals surface area (Å²) in [5.41, 5.74) is 1.43. The molecule has 1 aromatic carbocycles. The Bertz CT molecular complexity index is 1090. The van der Waals surface area contributed by atoms with E-state index in [-0.39, 0.29) is 31.7 Å². The van der Waals surface area contributed by atoms with Crippen molar-refractivity contribution in [3.05, 3.63) is 29.3 Å². The van der Waals surface area contributed by atoms with Gasteiger partial charge in [-0.1, -0.05) is 12.1 Å². The molecule has 4 rings (SSSR count). The van der Waals surface area contributed by atoms with Crippen molar-refractivity contribution in [1.82, 2.24) is 9.80 Å². The number of carbonyl (C=O) groups is 2. The molecular weight excluding hydrogens is 548 g/mol. The molecule has 3 saturated heterocycles. The summed E-state index contributed by atoms with van der Waals surface area (Å²) in [6.45, 7) is 6.51. The van der Waals surface area contributed by atoms with Gasteiger partial charge >= 0.3 is 24.4 Å². The van der Waals surface area contributed by atoms with E-state index in [1.807, 2.05) is 30.0 Å². The molecule has 1 amide bonds. The molecule has 0 saturated carbocycles. The Balaban J connectivity index is 1.38. The van der Waals surface area contributed by atoms with E-state index < -0.39 is 36.1 Å². The first kappa shape index (κ1) is 30.2. The zero-order chi connectivity index (χ0) is 29.5. The number of amides is 1. The van der Waals surface area contributed by atoms with Crippen molar-refractivity contribution in [2.75, 3.05) is 50.8 Å². The maximum atomic E-state index is 12.8. The summed E-state index contributed by atoms with van der Waals surface area (Å²) < 4.78 is 86.1. The lowest BCUT2D eigenvalue weighted by Gasteiger charge is -2.40. The van der Waals surface area contributed by atoms with Gasteiger partial charge in [-0.2, -0.15) is 26.3 Å². The number of rotatable bonds is 5.